The fraction of sp³-hybridized carbons (Fsp3) is 0.429. The Kier molecular flexibility index (Phi) is 1.85. The van der Waals surface area contributed by atoms with Crippen LogP contribution in [0.4, 0.5) is 0 Å². The topological polar surface area (TPSA) is 34.9 Å². The normalized spacial score (nSPS) is 9.80. The van der Waals surface area contributed by atoms with Gasteiger partial charge in [0.05, 0.1) is 12.5 Å². The molecule has 0 aliphatic carbocycles. The molecule has 0 saturated heterocycles. The largest absolute Gasteiger partial charge is 0.329 e. The number of aryl methyl sites for hydroxylation is 1. The molecule has 0 saturated carbocycles. The van der Waals surface area contributed by atoms with E-state index in [0.717, 1.165) is 6.54 Å². The van der Waals surface area contributed by atoms with Crippen LogP contribution in [0.5, 0.6) is 0 Å². The number of aromatic nitrogens is 2. The molecule has 0 unspecified atom stereocenters. The fourth-order valence-corrected chi connectivity index (χ4v) is 0.866. The van der Waals surface area contributed by atoms with Gasteiger partial charge in [-0.2, -0.15) is 0 Å². The summed E-state index contributed by atoms with van der Waals surface area (Å²) in [5.41, 5.74) is 0.683. The summed E-state index contributed by atoms with van der Waals surface area (Å²) in [7, 11) is 0. The molecule has 10 heavy (non-hydrogen) atoms. The van der Waals surface area contributed by atoms with Crippen molar-refractivity contribution in [3.05, 3.63) is 18.2 Å². The number of rotatable bonds is 2. The third-order valence-electron chi connectivity index (χ3n) is 1.41. The molecule has 1 aromatic rings. The van der Waals surface area contributed by atoms with Crippen molar-refractivity contribution in [2.75, 3.05) is 0 Å². The Balaban J connectivity index is 3.01. The fourth-order valence-electron chi connectivity index (χ4n) is 0.866. The number of nitrogens with zero attached hydrogens (tertiary/aromatic N) is 2. The number of hydrogen-bond acceptors (Lipinski definition) is 2. The summed E-state index contributed by atoms with van der Waals surface area (Å²) >= 11 is 0. The lowest BCUT2D eigenvalue weighted by Crippen LogP contribution is -2.02. The van der Waals surface area contributed by atoms with E-state index in [0.29, 0.717) is 5.69 Å². The van der Waals surface area contributed by atoms with Gasteiger partial charge in [0.1, 0.15) is 5.69 Å². The van der Waals surface area contributed by atoms with Crippen molar-refractivity contribution in [3.8, 4) is 0 Å². The molecule has 0 aromatic carbocycles. The van der Waals surface area contributed by atoms with Gasteiger partial charge in [-0.15, -0.1) is 0 Å². The van der Waals surface area contributed by atoms with Crippen LogP contribution in [-0.2, 0) is 6.54 Å². The Labute approximate surface area is 59.7 Å². The molecule has 0 atom stereocenters. The summed E-state index contributed by atoms with van der Waals surface area (Å²) in [6.07, 6.45) is 3.25. The zero-order valence-electron chi connectivity index (χ0n) is 6.16. The molecule has 1 heterocycles. The first kappa shape index (κ1) is 6.99. The second-order valence-electron chi connectivity index (χ2n) is 2.12. The molecule has 54 valence electrons. The van der Waals surface area contributed by atoms with Crippen LogP contribution in [0.2, 0.25) is 0 Å². The van der Waals surface area contributed by atoms with Gasteiger partial charge < -0.3 is 4.57 Å². The van der Waals surface area contributed by atoms with Crippen molar-refractivity contribution in [2.45, 2.75) is 20.4 Å². The summed E-state index contributed by atoms with van der Waals surface area (Å²) in [5, 5.41) is 0. The second kappa shape index (κ2) is 2.64. The molecule has 0 radical (unpaired) electrons. The Morgan fingerprint density at radius 1 is 1.80 bits per heavy atom. The molecule has 1 aromatic heterocycles. The Bertz CT molecular complexity index is 240. The van der Waals surface area contributed by atoms with Gasteiger partial charge in [-0.1, -0.05) is 0 Å². The molecule has 3 nitrogen and oxygen atoms in total. The van der Waals surface area contributed by atoms with Crippen molar-refractivity contribution in [2.24, 2.45) is 0 Å². The minimum atomic E-state index is 0.0688. The van der Waals surface area contributed by atoms with Crippen LogP contribution in [-0.4, -0.2) is 15.3 Å². The molecule has 0 fully saturated rings. The molecule has 0 spiro atoms. The highest BCUT2D eigenvalue weighted by Crippen LogP contribution is 1.98. The number of hydrogen-bond donors (Lipinski definition) is 0. The van der Waals surface area contributed by atoms with Gasteiger partial charge in [-0.25, -0.2) is 4.98 Å². The summed E-state index contributed by atoms with van der Waals surface area (Å²) < 4.78 is 1.82. The van der Waals surface area contributed by atoms with Crippen LogP contribution < -0.4 is 0 Å². The standard InChI is InChI=1S/C7H10N2O/c1-3-9-5-8-4-7(9)6(2)10/h4-5H,3H2,1-2H3. The van der Waals surface area contributed by atoms with E-state index in [2.05, 4.69) is 4.98 Å². The maximum atomic E-state index is 10.8. The molecular formula is C7H10N2O. The van der Waals surface area contributed by atoms with Gasteiger partial charge in [0.2, 0.25) is 0 Å². The van der Waals surface area contributed by atoms with E-state index in [-0.39, 0.29) is 5.78 Å². The zero-order chi connectivity index (χ0) is 7.56. The van der Waals surface area contributed by atoms with Gasteiger partial charge >= 0.3 is 0 Å². The van der Waals surface area contributed by atoms with Gasteiger partial charge in [0, 0.05) is 13.5 Å². The monoisotopic (exact) mass is 138 g/mol. The number of carbonyl (C=O) groups is 1. The molecule has 0 aliphatic rings. The minimum Gasteiger partial charge on any atom is -0.329 e. The van der Waals surface area contributed by atoms with Crippen molar-refractivity contribution < 1.29 is 4.79 Å². The predicted octanol–water partition coefficient (Wildman–Crippen LogP) is 1.11. The molecule has 0 aliphatic heterocycles. The minimum absolute atomic E-state index is 0.0688. The number of carbonyl (C=O) groups excluding carboxylic acids is 1. The van der Waals surface area contributed by atoms with Crippen molar-refractivity contribution in [1.29, 1.82) is 0 Å². The van der Waals surface area contributed by atoms with Crippen LogP contribution in [0.15, 0.2) is 12.5 Å². The summed E-state index contributed by atoms with van der Waals surface area (Å²) in [6, 6.07) is 0. The average Bonchev–Trinajstić information content (AvgIpc) is 2.33. The molecule has 0 N–H and O–H groups in total. The van der Waals surface area contributed by atoms with Crippen molar-refractivity contribution in [3.63, 3.8) is 0 Å². The SMILES string of the molecule is CCn1cncc1C(C)=O. The first-order chi connectivity index (χ1) is 4.75. The Morgan fingerprint density at radius 3 is 2.90 bits per heavy atom. The lowest BCUT2D eigenvalue weighted by molar-refractivity contribution is 0.100. The summed E-state index contributed by atoms with van der Waals surface area (Å²) in [4.78, 5) is 14.7. The highest BCUT2D eigenvalue weighted by molar-refractivity contribution is 5.92. The van der Waals surface area contributed by atoms with Gasteiger partial charge in [0.25, 0.3) is 0 Å². The van der Waals surface area contributed by atoms with Crippen molar-refractivity contribution in [1.82, 2.24) is 9.55 Å². The van der Waals surface area contributed by atoms with Crippen LogP contribution in [0.1, 0.15) is 24.3 Å². The van der Waals surface area contributed by atoms with E-state index < -0.39 is 0 Å². The van der Waals surface area contributed by atoms with E-state index in [1.54, 1.807) is 19.4 Å². The lowest BCUT2D eigenvalue weighted by atomic mass is 10.3. The first-order valence-electron chi connectivity index (χ1n) is 3.26. The maximum Gasteiger partial charge on any atom is 0.177 e. The highest BCUT2D eigenvalue weighted by atomic mass is 16.1. The average molecular weight is 138 g/mol. The molecule has 0 bridgehead atoms. The zero-order valence-corrected chi connectivity index (χ0v) is 6.16. The van der Waals surface area contributed by atoms with E-state index in [9.17, 15) is 4.79 Å². The summed E-state index contributed by atoms with van der Waals surface area (Å²) in [6.45, 7) is 4.33. The first-order valence-corrected chi connectivity index (χ1v) is 3.26. The predicted molar refractivity (Wildman–Crippen MR) is 37.9 cm³/mol. The molecular weight excluding hydrogens is 128 g/mol. The smallest absolute Gasteiger partial charge is 0.177 e. The van der Waals surface area contributed by atoms with Gasteiger partial charge in [-0.3, -0.25) is 4.79 Å². The van der Waals surface area contributed by atoms with E-state index in [1.165, 1.54) is 0 Å². The highest BCUT2D eigenvalue weighted by Gasteiger charge is 2.03. The lowest BCUT2D eigenvalue weighted by Gasteiger charge is -1.98. The second-order valence-corrected chi connectivity index (χ2v) is 2.12. The van der Waals surface area contributed by atoms with E-state index in [1.807, 2.05) is 11.5 Å². The quantitative estimate of drug-likeness (QED) is 0.574. The number of Topliss-reactive ketones (excluding diaryl/α,β-unsaturated/α-hetero) is 1. The molecule has 1 rings (SSSR count). The van der Waals surface area contributed by atoms with Crippen LogP contribution >= 0.6 is 0 Å². The van der Waals surface area contributed by atoms with Crippen LogP contribution in [0.25, 0.3) is 0 Å². The number of imidazole rings is 1. The Morgan fingerprint density at radius 2 is 2.50 bits per heavy atom. The molecule has 3 heteroatoms. The molecule has 0 amide bonds. The summed E-state index contributed by atoms with van der Waals surface area (Å²) in [5.74, 6) is 0.0688. The van der Waals surface area contributed by atoms with Crippen LogP contribution in [0.3, 0.4) is 0 Å². The van der Waals surface area contributed by atoms with Gasteiger partial charge in [-0.05, 0) is 6.92 Å². The third-order valence-corrected chi connectivity index (χ3v) is 1.41. The number of ketones is 1. The van der Waals surface area contributed by atoms with E-state index in [4.69, 9.17) is 0 Å². The third kappa shape index (κ3) is 1.07. The van der Waals surface area contributed by atoms with E-state index >= 15 is 0 Å². The maximum absolute atomic E-state index is 10.8. The van der Waals surface area contributed by atoms with Gasteiger partial charge in [0.15, 0.2) is 5.78 Å². The van der Waals surface area contributed by atoms with Crippen LogP contribution in [0, 0.1) is 0 Å². The Hall–Kier alpha value is -1.12. The van der Waals surface area contributed by atoms with Crippen molar-refractivity contribution >= 4 is 5.78 Å².